The predicted octanol–water partition coefficient (Wildman–Crippen LogP) is 3.19. The Morgan fingerprint density at radius 1 is 1.10 bits per heavy atom. The zero-order chi connectivity index (χ0) is 21.3. The Labute approximate surface area is 179 Å². The normalized spacial score (nSPS) is 19.2. The van der Waals surface area contributed by atoms with Gasteiger partial charge in [-0.2, -0.15) is 0 Å². The fraction of sp³-hybridized carbons (Fsp3) is 0.417. The molecule has 1 aliphatic heterocycles. The van der Waals surface area contributed by atoms with Crippen molar-refractivity contribution in [1.29, 1.82) is 0 Å². The summed E-state index contributed by atoms with van der Waals surface area (Å²) >= 11 is 0. The van der Waals surface area contributed by atoms with E-state index in [4.69, 9.17) is 4.74 Å². The Hall–Kier alpha value is -2.86. The molecule has 160 valence electrons. The second-order valence-corrected chi connectivity index (χ2v) is 7.69. The highest BCUT2D eigenvalue weighted by molar-refractivity contribution is 5.93. The third kappa shape index (κ3) is 5.83. The zero-order valence-corrected chi connectivity index (χ0v) is 18.1. The van der Waals surface area contributed by atoms with Crippen LogP contribution in [0.2, 0.25) is 0 Å². The van der Waals surface area contributed by atoms with Gasteiger partial charge in [0.2, 0.25) is 0 Å². The van der Waals surface area contributed by atoms with Crippen LogP contribution in [0.15, 0.2) is 53.5 Å². The summed E-state index contributed by atoms with van der Waals surface area (Å²) in [5.41, 5.74) is 4.25. The molecule has 0 aromatic heterocycles. The van der Waals surface area contributed by atoms with Crippen LogP contribution in [0.5, 0.6) is 0 Å². The van der Waals surface area contributed by atoms with E-state index in [0.29, 0.717) is 18.0 Å². The summed E-state index contributed by atoms with van der Waals surface area (Å²) in [4.78, 5) is 16.0. The van der Waals surface area contributed by atoms with Crippen LogP contribution in [0.1, 0.15) is 46.0 Å². The van der Waals surface area contributed by atoms with Gasteiger partial charge in [0.05, 0.1) is 6.10 Å². The van der Waals surface area contributed by atoms with Gasteiger partial charge in [-0.25, -0.2) is 0 Å². The van der Waals surface area contributed by atoms with E-state index in [1.165, 1.54) is 11.1 Å². The van der Waals surface area contributed by atoms with E-state index in [2.05, 4.69) is 52.1 Å². The summed E-state index contributed by atoms with van der Waals surface area (Å²) in [6, 6.07) is 16.2. The molecule has 0 aliphatic carbocycles. The number of aryl methyl sites for hydroxylation is 1. The van der Waals surface area contributed by atoms with Crippen molar-refractivity contribution in [2.75, 3.05) is 27.2 Å². The minimum absolute atomic E-state index is 0.0789. The van der Waals surface area contributed by atoms with Crippen LogP contribution in [0.4, 0.5) is 0 Å². The van der Waals surface area contributed by atoms with Gasteiger partial charge in [0.25, 0.3) is 5.91 Å². The number of ether oxygens (including phenoxy) is 1. The molecule has 3 N–H and O–H groups in total. The number of aliphatic imine (C=N–C) groups is 1. The third-order valence-electron chi connectivity index (χ3n) is 5.51. The summed E-state index contributed by atoms with van der Waals surface area (Å²) in [7, 11) is 3.41. The maximum absolute atomic E-state index is 11.7. The van der Waals surface area contributed by atoms with E-state index in [9.17, 15) is 4.79 Å². The van der Waals surface area contributed by atoms with Crippen molar-refractivity contribution in [3.63, 3.8) is 0 Å². The van der Waals surface area contributed by atoms with Crippen molar-refractivity contribution in [3.05, 3.63) is 70.8 Å². The lowest BCUT2D eigenvalue weighted by molar-refractivity contribution is -0.0265. The van der Waals surface area contributed by atoms with Gasteiger partial charge in [-0.1, -0.05) is 42.0 Å². The van der Waals surface area contributed by atoms with Gasteiger partial charge in [0.1, 0.15) is 0 Å². The summed E-state index contributed by atoms with van der Waals surface area (Å²) in [6.45, 7) is 4.35. The first kappa shape index (κ1) is 21.8. The highest BCUT2D eigenvalue weighted by Crippen LogP contribution is 2.33. The Morgan fingerprint density at radius 2 is 1.83 bits per heavy atom. The summed E-state index contributed by atoms with van der Waals surface area (Å²) in [5, 5.41) is 9.43. The first-order valence-electron chi connectivity index (χ1n) is 10.5. The molecule has 2 aromatic carbocycles. The number of nitrogens with one attached hydrogen (secondary N) is 3. The lowest BCUT2D eigenvalue weighted by Gasteiger charge is -2.32. The van der Waals surface area contributed by atoms with Crippen LogP contribution in [0.3, 0.4) is 0 Å². The van der Waals surface area contributed by atoms with Gasteiger partial charge in [-0.05, 0) is 43.0 Å². The van der Waals surface area contributed by atoms with E-state index < -0.39 is 0 Å². The van der Waals surface area contributed by atoms with Gasteiger partial charge >= 0.3 is 0 Å². The van der Waals surface area contributed by atoms with E-state index in [1.54, 1.807) is 14.1 Å². The average molecular weight is 409 g/mol. The van der Waals surface area contributed by atoms with Gasteiger partial charge in [-0.15, -0.1) is 0 Å². The topological polar surface area (TPSA) is 74.8 Å². The van der Waals surface area contributed by atoms with Crippen molar-refractivity contribution >= 4 is 11.9 Å². The SMILES string of the molecule is CN=C(NCc1ccc(C(=O)NC)cc1)NCC1CCCOC1c1ccc(C)cc1. The number of hydrogen-bond donors (Lipinski definition) is 3. The second-order valence-electron chi connectivity index (χ2n) is 7.69. The molecular weight excluding hydrogens is 376 g/mol. The molecule has 0 bridgehead atoms. The molecule has 1 aliphatic rings. The van der Waals surface area contributed by atoms with Crippen molar-refractivity contribution in [3.8, 4) is 0 Å². The molecule has 0 radical (unpaired) electrons. The first-order chi connectivity index (χ1) is 14.6. The lowest BCUT2D eigenvalue weighted by atomic mass is 9.89. The van der Waals surface area contributed by atoms with E-state index in [0.717, 1.165) is 37.5 Å². The summed E-state index contributed by atoms with van der Waals surface area (Å²) in [6.07, 6.45) is 2.32. The summed E-state index contributed by atoms with van der Waals surface area (Å²) < 4.78 is 6.12. The highest BCUT2D eigenvalue weighted by atomic mass is 16.5. The Kier molecular flexibility index (Phi) is 7.85. The van der Waals surface area contributed by atoms with Gasteiger partial charge in [0.15, 0.2) is 5.96 Å². The van der Waals surface area contributed by atoms with Crippen LogP contribution in [-0.4, -0.2) is 39.1 Å². The fourth-order valence-electron chi connectivity index (χ4n) is 3.73. The zero-order valence-electron chi connectivity index (χ0n) is 18.1. The van der Waals surface area contributed by atoms with Crippen LogP contribution in [0, 0.1) is 12.8 Å². The quantitative estimate of drug-likeness (QED) is 0.507. The predicted molar refractivity (Wildman–Crippen MR) is 121 cm³/mol. The standard InChI is InChI=1S/C24H32N4O2/c1-17-6-10-19(11-7-17)22-21(5-4-14-30-22)16-28-24(26-3)27-15-18-8-12-20(13-9-18)23(29)25-2/h6-13,21-22H,4-5,14-16H2,1-3H3,(H,25,29)(H2,26,27,28). The number of carbonyl (C=O) groups excluding carboxylic acids is 1. The van der Waals surface area contributed by atoms with E-state index in [-0.39, 0.29) is 12.0 Å². The number of rotatable bonds is 6. The van der Waals surface area contributed by atoms with Crippen molar-refractivity contribution in [2.24, 2.45) is 10.9 Å². The Balaban J connectivity index is 1.53. The van der Waals surface area contributed by atoms with Crippen LogP contribution < -0.4 is 16.0 Å². The van der Waals surface area contributed by atoms with Gasteiger partial charge < -0.3 is 20.7 Å². The third-order valence-corrected chi connectivity index (χ3v) is 5.51. The van der Waals surface area contributed by atoms with Crippen molar-refractivity contribution in [1.82, 2.24) is 16.0 Å². The number of benzene rings is 2. The highest BCUT2D eigenvalue weighted by Gasteiger charge is 2.27. The Morgan fingerprint density at radius 3 is 2.50 bits per heavy atom. The van der Waals surface area contributed by atoms with E-state index >= 15 is 0 Å². The lowest BCUT2D eigenvalue weighted by Crippen LogP contribution is -2.41. The largest absolute Gasteiger partial charge is 0.373 e. The first-order valence-corrected chi connectivity index (χ1v) is 10.5. The van der Waals surface area contributed by atoms with Gasteiger partial charge in [-0.3, -0.25) is 9.79 Å². The molecule has 6 heteroatoms. The molecule has 0 saturated carbocycles. The maximum atomic E-state index is 11.7. The van der Waals surface area contributed by atoms with Crippen LogP contribution in [-0.2, 0) is 11.3 Å². The number of guanidine groups is 1. The molecule has 1 heterocycles. The minimum atomic E-state index is -0.0789. The van der Waals surface area contributed by atoms with Crippen molar-refractivity contribution in [2.45, 2.75) is 32.4 Å². The molecule has 1 fully saturated rings. The fourth-order valence-corrected chi connectivity index (χ4v) is 3.73. The van der Waals surface area contributed by atoms with Crippen LogP contribution >= 0.6 is 0 Å². The molecule has 2 atom stereocenters. The van der Waals surface area contributed by atoms with Crippen molar-refractivity contribution < 1.29 is 9.53 Å². The molecule has 1 saturated heterocycles. The molecular formula is C24H32N4O2. The van der Waals surface area contributed by atoms with E-state index in [1.807, 2.05) is 24.3 Å². The average Bonchev–Trinajstić information content (AvgIpc) is 2.80. The molecule has 2 aromatic rings. The van der Waals surface area contributed by atoms with Crippen LogP contribution in [0.25, 0.3) is 0 Å². The maximum Gasteiger partial charge on any atom is 0.251 e. The number of hydrogen-bond acceptors (Lipinski definition) is 3. The summed E-state index contributed by atoms with van der Waals surface area (Å²) in [5.74, 6) is 1.08. The molecule has 6 nitrogen and oxygen atoms in total. The van der Waals surface area contributed by atoms with Gasteiger partial charge in [0, 0.05) is 45.3 Å². The minimum Gasteiger partial charge on any atom is -0.373 e. The Bertz CT molecular complexity index is 847. The monoisotopic (exact) mass is 408 g/mol. The number of amides is 1. The molecule has 0 spiro atoms. The number of carbonyl (C=O) groups is 1. The second kappa shape index (κ2) is 10.8. The molecule has 2 unspecified atom stereocenters. The molecule has 30 heavy (non-hydrogen) atoms. The smallest absolute Gasteiger partial charge is 0.251 e. The number of nitrogens with zero attached hydrogens (tertiary/aromatic N) is 1. The molecule has 1 amide bonds. The molecule has 3 rings (SSSR count).